The first kappa shape index (κ1) is 8.98. The van der Waals surface area contributed by atoms with E-state index in [1.54, 1.807) is 0 Å². The molecule has 54 valence electrons. The van der Waals surface area contributed by atoms with Gasteiger partial charge in [0.05, 0.1) is 0 Å². The van der Waals surface area contributed by atoms with E-state index >= 15 is 0 Å². The molecule has 0 spiro atoms. The van der Waals surface area contributed by atoms with Gasteiger partial charge in [0.15, 0.2) is 0 Å². The van der Waals surface area contributed by atoms with E-state index in [0.29, 0.717) is 0 Å². The predicted molar refractivity (Wildman–Crippen MR) is 39.5 cm³/mol. The van der Waals surface area contributed by atoms with Crippen molar-refractivity contribution in [2.75, 3.05) is 13.2 Å². The molecule has 1 saturated heterocycles. The molecule has 9 heavy (non-hydrogen) atoms. The second kappa shape index (κ2) is 6.11. The van der Waals surface area contributed by atoms with Gasteiger partial charge in [-0.3, -0.25) is 0 Å². The first-order valence-corrected chi connectivity index (χ1v) is 3.63. The Morgan fingerprint density at radius 1 is 1.11 bits per heavy atom. The minimum Gasteiger partial charge on any atom is -0.411 e. The number of rotatable bonds is 0. The molecule has 1 heterocycles. The molecule has 0 amide bonds. The minimum absolute atomic E-state index is 0.0359. The van der Waals surface area contributed by atoms with Crippen molar-refractivity contribution >= 4 is 7.12 Å². The zero-order valence-corrected chi connectivity index (χ0v) is 6.52. The lowest BCUT2D eigenvalue weighted by Gasteiger charge is -2.15. The Morgan fingerprint density at radius 2 is 1.56 bits per heavy atom. The van der Waals surface area contributed by atoms with Gasteiger partial charge >= 0.3 is 7.12 Å². The van der Waals surface area contributed by atoms with Crippen LogP contribution in [0.15, 0.2) is 0 Å². The molecule has 0 saturated carbocycles. The van der Waals surface area contributed by atoms with Gasteiger partial charge < -0.3 is 9.31 Å². The standard InChI is InChI=1S/C4H9BO2.C2H6/c1-5-6-3-2-4-7-5;1-2/h2-4H2,1H3;1-2H3. The quantitative estimate of drug-likeness (QED) is 0.463. The first-order chi connectivity index (χ1) is 4.39. The molecule has 1 rings (SSSR count). The Hall–Kier alpha value is -0.0151. The summed E-state index contributed by atoms with van der Waals surface area (Å²) in [6, 6.07) is 0. The van der Waals surface area contributed by atoms with Crippen LogP contribution < -0.4 is 0 Å². The summed E-state index contributed by atoms with van der Waals surface area (Å²) in [6.45, 7) is 7.64. The molecule has 1 aliphatic heterocycles. The summed E-state index contributed by atoms with van der Waals surface area (Å²) in [5.74, 6) is 0. The van der Waals surface area contributed by atoms with Gasteiger partial charge in [-0.15, -0.1) is 0 Å². The molecular weight excluding hydrogens is 115 g/mol. The van der Waals surface area contributed by atoms with Crippen LogP contribution in [-0.4, -0.2) is 20.3 Å². The zero-order valence-electron chi connectivity index (χ0n) is 6.52. The van der Waals surface area contributed by atoms with Crippen molar-refractivity contribution in [3.05, 3.63) is 0 Å². The molecular formula is C6H15BO2. The third kappa shape index (κ3) is 4.49. The van der Waals surface area contributed by atoms with E-state index in [0.717, 1.165) is 19.6 Å². The monoisotopic (exact) mass is 130 g/mol. The van der Waals surface area contributed by atoms with Gasteiger partial charge in [-0.1, -0.05) is 13.8 Å². The van der Waals surface area contributed by atoms with Gasteiger partial charge in [-0.25, -0.2) is 0 Å². The van der Waals surface area contributed by atoms with Crippen LogP contribution in [0.25, 0.3) is 0 Å². The second-order valence-corrected chi connectivity index (χ2v) is 1.66. The van der Waals surface area contributed by atoms with Crippen LogP contribution >= 0.6 is 0 Å². The molecule has 0 radical (unpaired) electrons. The molecule has 3 heteroatoms. The second-order valence-electron chi connectivity index (χ2n) is 1.66. The first-order valence-electron chi connectivity index (χ1n) is 3.63. The van der Waals surface area contributed by atoms with E-state index in [4.69, 9.17) is 9.31 Å². The van der Waals surface area contributed by atoms with Crippen molar-refractivity contribution in [3.63, 3.8) is 0 Å². The molecule has 0 bridgehead atoms. The fourth-order valence-electron chi connectivity index (χ4n) is 0.606. The summed E-state index contributed by atoms with van der Waals surface area (Å²) in [5.41, 5.74) is 0. The van der Waals surface area contributed by atoms with E-state index in [1.807, 2.05) is 20.7 Å². The maximum absolute atomic E-state index is 5.06. The molecule has 0 aromatic heterocycles. The van der Waals surface area contributed by atoms with Gasteiger partial charge in [0.2, 0.25) is 0 Å². The van der Waals surface area contributed by atoms with Crippen LogP contribution in [0.2, 0.25) is 6.82 Å². The van der Waals surface area contributed by atoms with Crippen molar-refractivity contribution < 1.29 is 9.31 Å². The van der Waals surface area contributed by atoms with Crippen molar-refractivity contribution in [3.8, 4) is 0 Å². The van der Waals surface area contributed by atoms with E-state index in [2.05, 4.69) is 0 Å². The fourth-order valence-corrected chi connectivity index (χ4v) is 0.606. The fraction of sp³-hybridized carbons (Fsp3) is 1.00. The Bertz CT molecular complexity index is 53.0. The smallest absolute Gasteiger partial charge is 0.411 e. The average Bonchev–Trinajstić information content (AvgIpc) is 1.94. The van der Waals surface area contributed by atoms with Gasteiger partial charge in [0.1, 0.15) is 0 Å². The summed E-state index contributed by atoms with van der Waals surface area (Å²) >= 11 is 0. The van der Waals surface area contributed by atoms with Crippen LogP contribution in [-0.2, 0) is 9.31 Å². The Labute approximate surface area is 57.7 Å². The molecule has 0 unspecified atom stereocenters. The summed E-state index contributed by atoms with van der Waals surface area (Å²) in [5, 5.41) is 0. The highest BCUT2D eigenvalue weighted by Crippen LogP contribution is 1.98. The lowest BCUT2D eigenvalue weighted by Crippen LogP contribution is -2.25. The molecule has 0 aromatic carbocycles. The largest absolute Gasteiger partial charge is 0.453 e. The molecule has 0 N–H and O–H groups in total. The maximum atomic E-state index is 5.06. The molecule has 0 aliphatic carbocycles. The average molecular weight is 130 g/mol. The number of hydrogen-bond acceptors (Lipinski definition) is 2. The molecule has 1 fully saturated rings. The third-order valence-corrected chi connectivity index (χ3v) is 0.994. The van der Waals surface area contributed by atoms with Crippen LogP contribution in [0.3, 0.4) is 0 Å². The molecule has 0 aromatic rings. The molecule has 0 atom stereocenters. The normalized spacial score (nSPS) is 18.3. The predicted octanol–water partition coefficient (Wildman–Crippen LogP) is 1.57. The van der Waals surface area contributed by atoms with Crippen LogP contribution in [0.1, 0.15) is 20.3 Å². The van der Waals surface area contributed by atoms with Crippen LogP contribution in [0, 0.1) is 0 Å². The van der Waals surface area contributed by atoms with Crippen molar-refractivity contribution in [1.82, 2.24) is 0 Å². The van der Waals surface area contributed by atoms with Crippen molar-refractivity contribution in [2.24, 2.45) is 0 Å². The van der Waals surface area contributed by atoms with E-state index in [1.165, 1.54) is 0 Å². The van der Waals surface area contributed by atoms with Gasteiger partial charge in [-0.2, -0.15) is 0 Å². The summed E-state index contributed by atoms with van der Waals surface area (Å²) in [7, 11) is 0.0359. The lowest BCUT2D eigenvalue weighted by molar-refractivity contribution is 0.138. The highest BCUT2D eigenvalue weighted by molar-refractivity contribution is 6.42. The van der Waals surface area contributed by atoms with E-state index in [-0.39, 0.29) is 7.12 Å². The Balaban J connectivity index is 0.000000291. The maximum Gasteiger partial charge on any atom is 0.453 e. The lowest BCUT2D eigenvalue weighted by atomic mass is 9.94. The number of hydrogen-bond donors (Lipinski definition) is 0. The summed E-state index contributed by atoms with van der Waals surface area (Å²) in [4.78, 5) is 0. The SMILES string of the molecule is CB1OCCCO1.CC. The minimum atomic E-state index is 0.0359. The van der Waals surface area contributed by atoms with Gasteiger partial charge in [0, 0.05) is 13.2 Å². The van der Waals surface area contributed by atoms with E-state index < -0.39 is 0 Å². The highest BCUT2D eigenvalue weighted by Gasteiger charge is 2.12. The summed E-state index contributed by atoms with van der Waals surface area (Å²) < 4.78 is 10.1. The molecule has 2 nitrogen and oxygen atoms in total. The summed E-state index contributed by atoms with van der Waals surface area (Å²) in [6.07, 6.45) is 1.05. The Kier molecular flexibility index (Phi) is 6.10. The van der Waals surface area contributed by atoms with Crippen molar-refractivity contribution in [1.29, 1.82) is 0 Å². The van der Waals surface area contributed by atoms with Gasteiger partial charge in [0.25, 0.3) is 0 Å². The Morgan fingerprint density at radius 3 is 1.78 bits per heavy atom. The van der Waals surface area contributed by atoms with Gasteiger partial charge in [-0.05, 0) is 13.2 Å². The van der Waals surface area contributed by atoms with E-state index in [9.17, 15) is 0 Å². The topological polar surface area (TPSA) is 18.5 Å². The van der Waals surface area contributed by atoms with Crippen molar-refractivity contribution in [2.45, 2.75) is 27.1 Å². The van der Waals surface area contributed by atoms with Crippen LogP contribution in [0.4, 0.5) is 0 Å². The molecule has 1 aliphatic rings. The van der Waals surface area contributed by atoms with Crippen LogP contribution in [0.5, 0.6) is 0 Å². The zero-order chi connectivity index (χ0) is 7.11. The highest BCUT2D eigenvalue weighted by atomic mass is 16.6. The third-order valence-electron chi connectivity index (χ3n) is 0.994.